The lowest BCUT2D eigenvalue weighted by molar-refractivity contribution is -0.136. The Balaban J connectivity index is 1.11. The largest absolute Gasteiger partial charge is 0.336 e. The molecular weight excluding hydrogens is 547 g/mol. The van der Waals surface area contributed by atoms with Gasteiger partial charge in [-0.1, -0.05) is 48.0 Å². The van der Waals surface area contributed by atoms with Crippen LogP contribution in [0.15, 0.2) is 60.7 Å². The maximum Gasteiger partial charge on any atom is 0.255 e. The van der Waals surface area contributed by atoms with Crippen LogP contribution in [0.4, 0.5) is 4.39 Å². The minimum atomic E-state index is -0.786. The van der Waals surface area contributed by atoms with Crippen molar-refractivity contribution in [2.24, 2.45) is 0 Å². The van der Waals surface area contributed by atoms with E-state index in [0.717, 1.165) is 11.1 Å². The summed E-state index contributed by atoms with van der Waals surface area (Å²) in [5.41, 5.74) is 3.39. The van der Waals surface area contributed by atoms with Crippen LogP contribution >= 0.6 is 11.6 Å². The number of piperidine rings is 1. The Labute approximate surface area is 241 Å². The van der Waals surface area contributed by atoms with Crippen molar-refractivity contribution < 1.29 is 23.6 Å². The third kappa shape index (κ3) is 5.23. The van der Waals surface area contributed by atoms with Crippen LogP contribution in [0, 0.1) is 5.82 Å². The number of hydrogen-bond donors (Lipinski definition) is 1. The molecule has 2 fully saturated rings. The Morgan fingerprint density at radius 3 is 2.39 bits per heavy atom. The zero-order chi connectivity index (χ0) is 28.7. The van der Waals surface area contributed by atoms with Gasteiger partial charge in [-0.3, -0.25) is 29.4 Å². The van der Waals surface area contributed by atoms with E-state index < -0.39 is 23.7 Å². The van der Waals surface area contributed by atoms with Gasteiger partial charge in [0.1, 0.15) is 11.9 Å². The lowest BCUT2D eigenvalue weighted by Gasteiger charge is -2.35. The molecule has 0 saturated carbocycles. The van der Waals surface area contributed by atoms with Crippen LogP contribution in [-0.4, -0.2) is 70.5 Å². The van der Waals surface area contributed by atoms with Crippen molar-refractivity contribution in [3.63, 3.8) is 0 Å². The molecule has 6 rings (SSSR count). The summed E-state index contributed by atoms with van der Waals surface area (Å²) in [5, 5.41) is 2.90. The van der Waals surface area contributed by atoms with Gasteiger partial charge in [0.05, 0.1) is 6.54 Å². The second kappa shape index (κ2) is 11.1. The Morgan fingerprint density at radius 2 is 1.66 bits per heavy atom. The fourth-order valence-electron chi connectivity index (χ4n) is 5.85. The van der Waals surface area contributed by atoms with Crippen LogP contribution in [0.5, 0.6) is 0 Å². The van der Waals surface area contributed by atoms with E-state index >= 15 is 4.39 Å². The van der Waals surface area contributed by atoms with Crippen molar-refractivity contribution in [2.75, 3.05) is 26.2 Å². The first kappa shape index (κ1) is 27.1. The molecule has 3 aliphatic rings. The predicted octanol–water partition coefficient (Wildman–Crippen LogP) is 3.87. The molecule has 10 heteroatoms. The van der Waals surface area contributed by atoms with E-state index in [9.17, 15) is 19.2 Å². The summed E-state index contributed by atoms with van der Waals surface area (Å²) < 4.78 is 15.6. The lowest BCUT2D eigenvalue weighted by Crippen LogP contribution is -2.52. The first-order chi connectivity index (χ1) is 19.8. The number of benzene rings is 3. The number of hydrogen-bond acceptors (Lipinski definition) is 5. The monoisotopic (exact) mass is 574 g/mol. The summed E-state index contributed by atoms with van der Waals surface area (Å²) in [6, 6.07) is 17.4. The average molecular weight is 575 g/mol. The summed E-state index contributed by atoms with van der Waals surface area (Å²) >= 11 is 6.04. The zero-order valence-electron chi connectivity index (χ0n) is 22.2. The summed E-state index contributed by atoms with van der Waals surface area (Å²) in [7, 11) is 0. The maximum absolute atomic E-state index is 15.6. The second-order valence-corrected chi connectivity index (χ2v) is 11.0. The number of rotatable bonds is 5. The van der Waals surface area contributed by atoms with Gasteiger partial charge >= 0.3 is 0 Å². The van der Waals surface area contributed by atoms with Gasteiger partial charge in [-0.05, 0) is 41.8 Å². The fraction of sp³-hybridized carbons (Fsp3) is 0.290. The van der Waals surface area contributed by atoms with Crippen molar-refractivity contribution in [1.29, 1.82) is 0 Å². The number of nitrogens with one attached hydrogen (secondary N) is 1. The first-order valence-electron chi connectivity index (χ1n) is 13.6. The quantitative estimate of drug-likeness (QED) is 0.467. The van der Waals surface area contributed by atoms with Crippen molar-refractivity contribution in [1.82, 2.24) is 20.0 Å². The highest BCUT2D eigenvalue weighted by Gasteiger charge is 2.40. The second-order valence-electron chi connectivity index (χ2n) is 10.6. The van der Waals surface area contributed by atoms with Gasteiger partial charge in [-0.2, -0.15) is 0 Å². The van der Waals surface area contributed by atoms with Crippen molar-refractivity contribution in [3.8, 4) is 11.1 Å². The number of imide groups is 1. The standard InChI is InChI=1S/C31H28ClFN4O4/c32-21-8-5-19(6-9-21)22-3-1-2-4-23(22)30(40)36-15-13-35(14-16-36)17-20-7-10-24-25(28(20)33)18-37(31(24)41)26-11-12-27(38)34-29(26)39/h1-10,26H,11-18H2,(H,34,38,39). The summed E-state index contributed by atoms with van der Waals surface area (Å²) in [5.74, 6) is -1.78. The van der Waals surface area contributed by atoms with Gasteiger partial charge in [-0.15, -0.1) is 0 Å². The molecule has 0 aromatic heterocycles. The number of fused-ring (bicyclic) bond motifs is 1. The lowest BCUT2D eigenvalue weighted by atomic mass is 9.98. The Morgan fingerprint density at radius 1 is 0.927 bits per heavy atom. The highest BCUT2D eigenvalue weighted by molar-refractivity contribution is 6.30. The maximum atomic E-state index is 15.6. The molecule has 210 valence electrons. The molecule has 0 radical (unpaired) electrons. The van der Waals surface area contributed by atoms with E-state index in [1.54, 1.807) is 24.3 Å². The number of carbonyl (C=O) groups excluding carboxylic acids is 4. The molecule has 3 aromatic carbocycles. The molecule has 3 heterocycles. The normalized spacial score (nSPS) is 19.4. The zero-order valence-corrected chi connectivity index (χ0v) is 23.0. The van der Waals surface area contributed by atoms with Gasteiger partial charge in [-0.25, -0.2) is 4.39 Å². The molecule has 0 aliphatic carbocycles. The average Bonchev–Trinajstić information content (AvgIpc) is 3.31. The molecule has 1 unspecified atom stereocenters. The third-order valence-electron chi connectivity index (χ3n) is 8.10. The topological polar surface area (TPSA) is 90.0 Å². The molecule has 41 heavy (non-hydrogen) atoms. The van der Waals surface area contributed by atoms with Crippen LogP contribution in [-0.2, 0) is 22.7 Å². The van der Waals surface area contributed by atoms with Crippen LogP contribution in [0.3, 0.4) is 0 Å². The fourth-order valence-corrected chi connectivity index (χ4v) is 5.97. The van der Waals surface area contributed by atoms with Gasteiger partial charge in [0.15, 0.2) is 0 Å². The highest BCUT2D eigenvalue weighted by atomic mass is 35.5. The number of amides is 4. The Bertz CT molecular complexity index is 1550. The number of carbonyl (C=O) groups is 4. The molecular formula is C31H28ClFN4O4. The molecule has 2 saturated heterocycles. The molecule has 1 atom stereocenters. The van der Waals surface area contributed by atoms with E-state index in [0.29, 0.717) is 48.9 Å². The number of halogens is 2. The first-order valence-corrected chi connectivity index (χ1v) is 14.0. The predicted molar refractivity (Wildman–Crippen MR) is 151 cm³/mol. The SMILES string of the molecule is O=C1CCC(N2Cc3c(ccc(CN4CCN(C(=O)c5ccccc5-c5ccc(Cl)cc5)CC4)c3F)C2=O)C(=O)N1. The van der Waals surface area contributed by atoms with E-state index in [2.05, 4.69) is 10.2 Å². The summed E-state index contributed by atoms with van der Waals surface area (Å²) in [6.45, 7) is 2.49. The van der Waals surface area contributed by atoms with Gasteiger partial charge in [0.25, 0.3) is 11.8 Å². The van der Waals surface area contributed by atoms with Crippen molar-refractivity contribution >= 4 is 35.2 Å². The molecule has 8 nitrogen and oxygen atoms in total. The third-order valence-corrected chi connectivity index (χ3v) is 8.35. The highest BCUT2D eigenvalue weighted by Crippen LogP contribution is 2.32. The Kier molecular flexibility index (Phi) is 7.32. The Hall–Kier alpha value is -4.08. The van der Waals surface area contributed by atoms with E-state index in [1.807, 2.05) is 41.3 Å². The van der Waals surface area contributed by atoms with E-state index in [-0.39, 0.29) is 42.3 Å². The van der Waals surface area contributed by atoms with Crippen LogP contribution < -0.4 is 5.32 Å². The van der Waals surface area contributed by atoms with Gasteiger partial charge < -0.3 is 9.80 Å². The van der Waals surface area contributed by atoms with Crippen molar-refractivity contribution in [2.45, 2.75) is 32.0 Å². The van der Waals surface area contributed by atoms with Gasteiger partial charge in [0, 0.05) is 66.4 Å². The summed E-state index contributed by atoms with van der Waals surface area (Å²) in [4.78, 5) is 55.5. The van der Waals surface area contributed by atoms with E-state index in [1.165, 1.54) is 4.90 Å². The minimum absolute atomic E-state index is 0.00454. The molecule has 4 amide bonds. The van der Waals surface area contributed by atoms with E-state index in [4.69, 9.17) is 11.6 Å². The molecule has 1 N–H and O–H groups in total. The molecule has 3 aliphatic heterocycles. The molecule has 0 spiro atoms. The van der Waals surface area contributed by atoms with Crippen molar-refractivity contribution in [3.05, 3.63) is 93.8 Å². The molecule has 0 bridgehead atoms. The van der Waals surface area contributed by atoms with Crippen LogP contribution in [0.2, 0.25) is 5.02 Å². The van der Waals surface area contributed by atoms with Gasteiger partial charge in [0.2, 0.25) is 11.8 Å². The summed E-state index contributed by atoms with van der Waals surface area (Å²) in [6.07, 6.45) is 0.373. The number of piperazine rings is 1. The molecule has 3 aromatic rings. The van der Waals surface area contributed by atoms with Crippen LogP contribution in [0.1, 0.15) is 44.7 Å². The number of nitrogens with zero attached hydrogens (tertiary/aromatic N) is 3. The minimum Gasteiger partial charge on any atom is -0.336 e. The smallest absolute Gasteiger partial charge is 0.255 e. The van der Waals surface area contributed by atoms with Crippen LogP contribution in [0.25, 0.3) is 11.1 Å².